The highest BCUT2D eigenvalue weighted by Gasteiger charge is 2.19. The third kappa shape index (κ3) is 3.82. The molecule has 2 rings (SSSR count). The molecule has 5 heteroatoms. The van der Waals surface area contributed by atoms with Gasteiger partial charge in [-0.1, -0.05) is 30.3 Å². The van der Waals surface area contributed by atoms with E-state index in [9.17, 15) is 9.59 Å². The van der Waals surface area contributed by atoms with Crippen LogP contribution in [-0.2, 0) is 9.53 Å². The van der Waals surface area contributed by atoms with E-state index >= 15 is 0 Å². The van der Waals surface area contributed by atoms with Gasteiger partial charge in [-0.25, -0.2) is 4.79 Å². The van der Waals surface area contributed by atoms with Crippen LogP contribution in [0.1, 0.15) is 17.3 Å². The second-order valence-corrected chi connectivity index (χ2v) is 4.36. The van der Waals surface area contributed by atoms with Crippen LogP contribution in [0, 0.1) is 0 Å². The standard InChI is InChI=1S/C16H15NO4/c1-11(15(17)18)20-16(19)13-9-5-6-10-14(13)21-12-7-3-2-4-8-12/h2-11H,1H3,(H2,17,18)/t11-/m0/s1. The Kier molecular flexibility index (Phi) is 4.56. The Morgan fingerprint density at radius 1 is 1.00 bits per heavy atom. The summed E-state index contributed by atoms with van der Waals surface area (Å²) in [7, 11) is 0. The van der Waals surface area contributed by atoms with Crippen LogP contribution in [0.2, 0.25) is 0 Å². The molecule has 108 valence electrons. The van der Waals surface area contributed by atoms with Crippen molar-refractivity contribution < 1.29 is 19.1 Å². The van der Waals surface area contributed by atoms with E-state index in [2.05, 4.69) is 0 Å². The Hall–Kier alpha value is -2.82. The minimum absolute atomic E-state index is 0.231. The largest absolute Gasteiger partial charge is 0.456 e. The summed E-state index contributed by atoms with van der Waals surface area (Å²) in [5, 5.41) is 0. The second-order valence-electron chi connectivity index (χ2n) is 4.36. The lowest BCUT2D eigenvalue weighted by molar-refractivity contribution is -0.125. The van der Waals surface area contributed by atoms with Gasteiger partial charge in [-0.2, -0.15) is 0 Å². The number of amides is 1. The molecule has 1 atom stereocenters. The number of carbonyl (C=O) groups is 2. The average Bonchev–Trinajstić information content (AvgIpc) is 2.48. The van der Waals surface area contributed by atoms with Gasteiger partial charge < -0.3 is 15.2 Å². The van der Waals surface area contributed by atoms with E-state index in [1.54, 1.807) is 36.4 Å². The van der Waals surface area contributed by atoms with Crippen molar-refractivity contribution in [2.45, 2.75) is 13.0 Å². The molecule has 21 heavy (non-hydrogen) atoms. The summed E-state index contributed by atoms with van der Waals surface area (Å²) in [4.78, 5) is 23.0. The Balaban J connectivity index is 2.20. The van der Waals surface area contributed by atoms with E-state index in [0.717, 1.165) is 0 Å². The van der Waals surface area contributed by atoms with Crippen LogP contribution in [0.3, 0.4) is 0 Å². The van der Waals surface area contributed by atoms with Crippen molar-refractivity contribution >= 4 is 11.9 Å². The Morgan fingerprint density at radius 2 is 1.62 bits per heavy atom. The zero-order valence-electron chi connectivity index (χ0n) is 11.5. The fourth-order valence-electron chi connectivity index (χ4n) is 1.62. The first-order chi connectivity index (χ1) is 10.1. The maximum atomic E-state index is 12.1. The van der Waals surface area contributed by atoms with Gasteiger partial charge in [-0.05, 0) is 31.2 Å². The summed E-state index contributed by atoms with van der Waals surface area (Å²) in [6, 6.07) is 15.7. The molecule has 1 amide bonds. The summed E-state index contributed by atoms with van der Waals surface area (Å²) >= 11 is 0. The van der Waals surface area contributed by atoms with Crippen molar-refractivity contribution in [2.75, 3.05) is 0 Å². The van der Waals surface area contributed by atoms with Crippen molar-refractivity contribution in [2.24, 2.45) is 5.73 Å². The van der Waals surface area contributed by atoms with E-state index in [0.29, 0.717) is 11.5 Å². The highest BCUT2D eigenvalue weighted by Crippen LogP contribution is 2.25. The molecule has 2 N–H and O–H groups in total. The normalized spacial score (nSPS) is 11.5. The number of ether oxygens (including phenoxy) is 2. The smallest absolute Gasteiger partial charge is 0.342 e. The minimum atomic E-state index is -0.998. The highest BCUT2D eigenvalue weighted by atomic mass is 16.5. The predicted molar refractivity (Wildman–Crippen MR) is 77.0 cm³/mol. The van der Waals surface area contributed by atoms with Crippen LogP contribution in [-0.4, -0.2) is 18.0 Å². The molecule has 5 nitrogen and oxygen atoms in total. The zero-order valence-corrected chi connectivity index (χ0v) is 11.5. The fourth-order valence-corrected chi connectivity index (χ4v) is 1.62. The molecule has 0 aliphatic heterocycles. The van der Waals surface area contributed by atoms with Crippen LogP contribution < -0.4 is 10.5 Å². The van der Waals surface area contributed by atoms with Gasteiger partial charge in [-0.3, -0.25) is 4.79 Å². The maximum absolute atomic E-state index is 12.1. The number of hydrogen-bond donors (Lipinski definition) is 1. The lowest BCUT2D eigenvalue weighted by Crippen LogP contribution is -2.30. The number of benzene rings is 2. The van der Waals surface area contributed by atoms with E-state index < -0.39 is 18.0 Å². The van der Waals surface area contributed by atoms with Crippen LogP contribution in [0.4, 0.5) is 0 Å². The monoisotopic (exact) mass is 285 g/mol. The Bertz CT molecular complexity index is 640. The molecule has 0 radical (unpaired) electrons. The van der Waals surface area contributed by atoms with Crippen molar-refractivity contribution in [3.63, 3.8) is 0 Å². The van der Waals surface area contributed by atoms with Crippen LogP contribution in [0.5, 0.6) is 11.5 Å². The molecule has 0 aliphatic carbocycles. The molecule has 0 fully saturated rings. The van der Waals surface area contributed by atoms with Crippen molar-refractivity contribution in [1.82, 2.24) is 0 Å². The second kappa shape index (κ2) is 6.56. The molecule has 0 unspecified atom stereocenters. The van der Waals surface area contributed by atoms with Gasteiger partial charge in [0.25, 0.3) is 5.91 Å². The number of rotatable bonds is 5. The van der Waals surface area contributed by atoms with E-state index in [-0.39, 0.29) is 5.56 Å². The zero-order chi connectivity index (χ0) is 15.2. The minimum Gasteiger partial charge on any atom is -0.456 e. The number of para-hydroxylation sites is 2. The molecule has 0 aliphatic rings. The van der Waals surface area contributed by atoms with Crippen LogP contribution in [0.25, 0.3) is 0 Å². The lowest BCUT2D eigenvalue weighted by Gasteiger charge is -2.13. The average molecular weight is 285 g/mol. The molecule has 0 saturated heterocycles. The first-order valence-electron chi connectivity index (χ1n) is 6.40. The molecule has 0 bridgehead atoms. The third-order valence-corrected chi connectivity index (χ3v) is 2.76. The SMILES string of the molecule is C[C@H](OC(=O)c1ccccc1Oc1ccccc1)C(N)=O. The number of nitrogens with two attached hydrogens (primary N) is 1. The maximum Gasteiger partial charge on any atom is 0.342 e. The Labute approximate surface area is 122 Å². The number of hydrogen-bond acceptors (Lipinski definition) is 4. The van der Waals surface area contributed by atoms with E-state index in [1.807, 2.05) is 18.2 Å². The summed E-state index contributed by atoms with van der Waals surface area (Å²) in [5.41, 5.74) is 5.31. The predicted octanol–water partition coefficient (Wildman–Crippen LogP) is 2.51. The van der Waals surface area contributed by atoms with Gasteiger partial charge in [0, 0.05) is 0 Å². The van der Waals surface area contributed by atoms with Crippen molar-refractivity contribution in [1.29, 1.82) is 0 Å². The Morgan fingerprint density at radius 3 is 2.29 bits per heavy atom. The molecule has 0 spiro atoms. The summed E-state index contributed by atoms with van der Waals surface area (Å²) in [5.74, 6) is -0.413. The molecular weight excluding hydrogens is 270 g/mol. The molecular formula is C16H15NO4. The van der Waals surface area contributed by atoms with E-state index in [4.69, 9.17) is 15.2 Å². The quantitative estimate of drug-likeness (QED) is 0.856. The number of primary amides is 1. The molecule has 0 heterocycles. The molecule has 0 saturated carbocycles. The third-order valence-electron chi connectivity index (χ3n) is 2.76. The molecule has 0 aromatic heterocycles. The van der Waals surface area contributed by atoms with Gasteiger partial charge in [-0.15, -0.1) is 0 Å². The van der Waals surface area contributed by atoms with Gasteiger partial charge in [0.05, 0.1) is 0 Å². The summed E-state index contributed by atoms with van der Waals surface area (Å²) in [6.45, 7) is 1.42. The number of carbonyl (C=O) groups excluding carboxylic acids is 2. The topological polar surface area (TPSA) is 78.6 Å². The fraction of sp³-hybridized carbons (Fsp3) is 0.125. The van der Waals surface area contributed by atoms with Gasteiger partial charge in [0.15, 0.2) is 6.10 Å². The molecule has 2 aromatic rings. The van der Waals surface area contributed by atoms with Gasteiger partial charge in [0.2, 0.25) is 0 Å². The van der Waals surface area contributed by atoms with Crippen LogP contribution in [0.15, 0.2) is 54.6 Å². The lowest BCUT2D eigenvalue weighted by atomic mass is 10.2. The van der Waals surface area contributed by atoms with Gasteiger partial charge in [0.1, 0.15) is 17.1 Å². The summed E-state index contributed by atoms with van der Waals surface area (Å²) < 4.78 is 10.6. The number of esters is 1. The van der Waals surface area contributed by atoms with Crippen LogP contribution >= 0.6 is 0 Å². The first kappa shape index (κ1) is 14.6. The molecule has 2 aromatic carbocycles. The first-order valence-corrected chi connectivity index (χ1v) is 6.40. The van der Waals surface area contributed by atoms with E-state index in [1.165, 1.54) is 6.92 Å². The van der Waals surface area contributed by atoms with Crippen molar-refractivity contribution in [3.8, 4) is 11.5 Å². The van der Waals surface area contributed by atoms with Crippen molar-refractivity contribution in [3.05, 3.63) is 60.2 Å². The highest BCUT2D eigenvalue weighted by molar-refractivity contribution is 5.94. The van der Waals surface area contributed by atoms with Gasteiger partial charge >= 0.3 is 5.97 Å². The summed E-state index contributed by atoms with van der Waals surface area (Å²) in [6.07, 6.45) is -0.998.